The Labute approximate surface area is 81.4 Å². The average Bonchev–Trinajstić information content (AvgIpc) is 2.71. The molecule has 0 N–H and O–H groups in total. The van der Waals surface area contributed by atoms with Gasteiger partial charge in [-0.15, -0.1) is 0 Å². The Morgan fingerprint density at radius 3 is 1.08 bits per heavy atom. The maximum atomic E-state index is 7.50. The van der Waals surface area contributed by atoms with Gasteiger partial charge in [0.1, 0.15) is 0 Å². The van der Waals surface area contributed by atoms with E-state index >= 15 is 0 Å². The zero-order valence-electron chi connectivity index (χ0n) is 5.97. The van der Waals surface area contributed by atoms with E-state index in [0.29, 0.717) is 0 Å². The van der Waals surface area contributed by atoms with Gasteiger partial charge in [-0.2, -0.15) is 0 Å². The molecule has 0 atom stereocenters. The summed E-state index contributed by atoms with van der Waals surface area (Å²) in [6.45, 7) is 9.00. The van der Waals surface area contributed by atoms with Crippen LogP contribution in [0.5, 0.6) is 0 Å². The predicted molar refractivity (Wildman–Crippen MR) is 32.9 cm³/mol. The Bertz CT molecular complexity index is 145. The minimum absolute atomic E-state index is 0. The van der Waals surface area contributed by atoms with Crippen LogP contribution in [0.25, 0.3) is 0 Å². The summed E-state index contributed by atoms with van der Waals surface area (Å²) >= 11 is 0. The van der Waals surface area contributed by atoms with Crippen molar-refractivity contribution >= 4 is 0 Å². The molecule has 4 nitrogen and oxygen atoms in total. The van der Waals surface area contributed by atoms with E-state index in [-0.39, 0.29) is 17.4 Å². The van der Waals surface area contributed by atoms with Crippen molar-refractivity contribution < 1.29 is 31.4 Å². The van der Waals surface area contributed by atoms with Crippen LogP contribution in [0.1, 0.15) is 0 Å². The molecule has 61 valence electrons. The molecule has 1 rings (SSSR count). The maximum absolute atomic E-state index is 7.50. The van der Waals surface area contributed by atoms with Gasteiger partial charge in [0.15, 0.2) is 0 Å². The summed E-state index contributed by atoms with van der Waals surface area (Å²) in [4.78, 5) is 0. The summed E-state index contributed by atoms with van der Waals surface area (Å²) in [5.74, 6) is 0. The Hall–Kier alpha value is -0.838. The number of allylic oxidation sites excluding steroid dienone is 4. The number of hydrogen-bond donors (Lipinski definition) is 0. The molecular formula is C7H5CrNO3+. The van der Waals surface area contributed by atoms with Gasteiger partial charge in [0.25, 0.3) is 0 Å². The van der Waals surface area contributed by atoms with Crippen LogP contribution in [0.2, 0.25) is 0 Å². The minimum atomic E-state index is 0. The van der Waals surface area contributed by atoms with E-state index in [1.165, 1.54) is 0 Å². The first kappa shape index (κ1) is 22.5. The Balaban J connectivity index is -0.0000000406. The van der Waals surface area contributed by atoms with E-state index in [0.717, 1.165) is 0 Å². The summed E-state index contributed by atoms with van der Waals surface area (Å²) in [7, 11) is 0. The molecule has 0 spiro atoms. The fraction of sp³-hybridized carbons (Fsp3) is 0. The number of rotatable bonds is 0. The van der Waals surface area contributed by atoms with E-state index < -0.39 is 0 Å². The molecule has 5 heteroatoms. The fourth-order valence-corrected chi connectivity index (χ4v) is 0.321. The van der Waals surface area contributed by atoms with Gasteiger partial charge in [0, 0.05) is 23.8 Å². The van der Waals surface area contributed by atoms with Crippen LogP contribution in [0.4, 0.5) is 0 Å². The molecule has 0 heterocycles. The summed E-state index contributed by atoms with van der Waals surface area (Å²) in [6.07, 6.45) is 10.0. The van der Waals surface area contributed by atoms with Gasteiger partial charge < -0.3 is 0 Å². The van der Waals surface area contributed by atoms with Crippen molar-refractivity contribution in [1.29, 1.82) is 5.46 Å². The quantitative estimate of drug-likeness (QED) is 0.429. The number of hydrogen-bond acceptors (Lipinski definition) is 1. The zero-order chi connectivity index (χ0) is 9.54. The molecule has 1 aliphatic carbocycles. The van der Waals surface area contributed by atoms with Gasteiger partial charge in [0.2, 0.25) is 0 Å². The fourth-order valence-electron chi connectivity index (χ4n) is 0.321. The van der Waals surface area contributed by atoms with Crippen molar-refractivity contribution in [2.24, 2.45) is 0 Å². The SMILES string of the molecule is N#[O+].[C-]#[O+].[C-]#[O+].[CH]1C=CC=C1.[Cr]. The third-order valence-corrected chi connectivity index (χ3v) is 0.556. The van der Waals surface area contributed by atoms with Crippen LogP contribution in [0.3, 0.4) is 0 Å². The third kappa shape index (κ3) is 35.2. The Morgan fingerprint density at radius 1 is 0.750 bits per heavy atom. The molecule has 12 heavy (non-hydrogen) atoms. The summed E-state index contributed by atoms with van der Waals surface area (Å²) < 4.78 is 22.2. The van der Waals surface area contributed by atoms with Crippen LogP contribution >= 0.6 is 0 Å². The van der Waals surface area contributed by atoms with Gasteiger partial charge in [-0.25, -0.2) is 0 Å². The molecule has 0 unspecified atom stereocenters. The molecular weight excluding hydrogens is 198 g/mol. The topological polar surface area (TPSA) is 83.5 Å². The molecule has 0 aliphatic heterocycles. The molecule has 0 aromatic rings. The summed E-state index contributed by atoms with van der Waals surface area (Å²) in [6, 6.07) is 0. The average molecular weight is 203 g/mol. The smallest absolute Gasteiger partial charge is 0.00506 e. The van der Waals surface area contributed by atoms with Crippen molar-refractivity contribution in [2.75, 3.05) is 0 Å². The molecule has 0 amide bonds. The molecule has 0 aromatic carbocycles. The standard InChI is InChI=1S/C5H5.2CO.Cr.NO/c1-2-4-5-3-1;2*1-2;;1-2/h1-5H;;;;/q;;;;+1. The molecule has 1 radical (unpaired) electrons. The zero-order valence-corrected chi connectivity index (χ0v) is 7.24. The van der Waals surface area contributed by atoms with E-state index in [2.05, 4.69) is 13.3 Å². The first-order chi connectivity index (χ1) is 5.50. The summed E-state index contributed by atoms with van der Waals surface area (Å²) in [5.41, 5.74) is 5.75. The maximum Gasteiger partial charge on any atom is 0.00506 e. The normalized spacial score (nSPS) is 7.83. The van der Waals surface area contributed by atoms with E-state index in [1.54, 1.807) is 0 Å². The first-order valence-corrected chi connectivity index (χ1v) is 2.26. The second-order valence-corrected chi connectivity index (χ2v) is 0.962. The molecule has 0 saturated carbocycles. The molecule has 1 aliphatic rings. The van der Waals surface area contributed by atoms with E-state index in [9.17, 15) is 0 Å². The number of nitrogens with zero attached hydrogens (tertiary/aromatic N) is 1. The van der Waals surface area contributed by atoms with Crippen LogP contribution in [0.15, 0.2) is 24.3 Å². The van der Waals surface area contributed by atoms with Crippen LogP contribution in [-0.2, 0) is 31.4 Å². The van der Waals surface area contributed by atoms with Crippen LogP contribution in [0, 0.1) is 25.2 Å². The third-order valence-electron chi connectivity index (χ3n) is 0.556. The van der Waals surface area contributed by atoms with Crippen molar-refractivity contribution in [1.82, 2.24) is 0 Å². The van der Waals surface area contributed by atoms with Crippen molar-refractivity contribution in [3.05, 3.63) is 44.0 Å². The second-order valence-electron chi connectivity index (χ2n) is 0.962. The largest absolute Gasteiger partial charge is 0.0767 e. The van der Waals surface area contributed by atoms with Gasteiger partial charge in [-0.1, -0.05) is 24.3 Å². The van der Waals surface area contributed by atoms with Gasteiger partial charge in [-0.3, -0.25) is 0 Å². The molecule has 0 bridgehead atoms. The van der Waals surface area contributed by atoms with E-state index in [1.807, 2.05) is 30.7 Å². The van der Waals surface area contributed by atoms with Gasteiger partial charge >= 0.3 is 32.8 Å². The van der Waals surface area contributed by atoms with Crippen molar-refractivity contribution in [3.63, 3.8) is 0 Å². The van der Waals surface area contributed by atoms with E-state index in [4.69, 9.17) is 19.5 Å². The molecule has 0 fully saturated rings. The monoisotopic (exact) mass is 203 g/mol. The molecule has 0 aromatic heterocycles. The van der Waals surface area contributed by atoms with Crippen molar-refractivity contribution in [3.8, 4) is 0 Å². The minimum Gasteiger partial charge on any atom is -0.0767 e. The van der Waals surface area contributed by atoms with Crippen LogP contribution in [-0.4, -0.2) is 0 Å². The van der Waals surface area contributed by atoms with Gasteiger partial charge in [0.05, 0.1) is 0 Å². The Kier molecular flexibility index (Phi) is 92.2. The van der Waals surface area contributed by atoms with Gasteiger partial charge in [-0.05, 0) is 0 Å². The van der Waals surface area contributed by atoms with Crippen LogP contribution < -0.4 is 0 Å². The first-order valence-electron chi connectivity index (χ1n) is 2.26. The summed E-state index contributed by atoms with van der Waals surface area (Å²) in [5, 5.41) is 0. The second kappa shape index (κ2) is 49.2. The predicted octanol–water partition coefficient (Wildman–Crippen LogP) is 1.14. The molecule has 0 saturated heterocycles. The van der Waals surface area contributed by atoms with Crippen molar-refractivity contribution in [2.45, 2.75) is 0 Å². The Morgan fingerprint density at radius 2 is 1.00 bits per heavy atom.